The maximum absolute atomic E-state index is 10.8. The zero-order valence-electron chi connectivity index (χ0n) is 12.0. The highest BCUT2D eigenvalue weighted by molar-refractivity contribution is 5.42. The van der Waals surface area contributed by atoms with Crippen LogP contribution in [0.2, 0.25) is 0 Å². The third-order valence-corrected chi connectivity index (χ3v) is 3.27. The van der Waals surface area contributed by atoms with Crippen LogP contribution in [-0.4, -0.2) is 30.3 Å². The van der Waals surface area contributed by atoms with Gasteiger partial charge in [-0.3, -0.25) is 10.1 Å². The molecule has 1 unspecified atom stereocenters. The molecule has 112 valence electrons. The van der Waals surface area contributed by atoms with Gasteiger partial charge in [0, 0.05) is 19.2 Å². The summed E-state index contributed by atoms with van der Waals surface area (Å²) < 4.78 is 5.07. The van der Waals surface area contributed by atoms with Crippen molar-refractivity contribution in [1.82, 2.24) is 5.32 Å². The zero-order chi connectivity index (χ0) is 15.0. The molecule has 0 aromatic heterocycles. The van der Waals surface area contributed by atoms with E-state index in [1.54, 1.807) is 12.1 Å². The maximum Gasteiger partial charge on any atom is 0.273 e. The van der Waals surface area contributed by atoms with Crippen molar-refractivity contribution in [2.45, 2.75) is 26.3 Å². The molecular formula is C14H22N2O4. The van der Waals surface area contributed by atoms with Gasteiger partial charge in [-0.25, -0.2) is 0 Å². The lowest BCUT2D eigenvalue weighted by Crippen LogP contribution is -2.23. The SMILES string of the molecule is CCC(CCO)CNCc1cc(OC)cc([N+](=O)[O-])c1. The Bertz CT molecular complexity index is 437. The Labute approximate surface area is 118 Å². The van der Waals surface area contributed by atoms with Crippen molar-refractivity contribution in [3.05, 3.63) is 33.9 Å². The summed E-state index contributed by atoms with van der Waals surface area (Å²) in [5, 5.41) is 23.0. The van der Waals surface area contributed by atoms with Gasteiger partial charge in [-0.1, -0.05) is 13.3 Å². The lowest BCUT2D eigenvalue weighted by molar-refractivity contribution is -0.385. The minimum Gasteiger partial charge on any atom is -0.496 e. The van der Waals surface area contributed by atoms with Gasteiger partial charge in [-0.2, -0.15) is 0 Å². The average molecular weight is 282 g/mol. The summed E-state index contributed by atoms with van der Waals surface area (Å²) in [6.45, 7) is 3.59. The van der Waals surface area contributed by atoms with Crippen LogP contribution in [-0.2, 0) is 6.54 Å². The highest BCUT2D eigenvalue weighted by Gasteiger charge is 2.11. The van der Waals surface area contributed by atoms with Crippen molar-refractivity contribution in [3.63, 3.8) is 0 Å². The number of nitrogens with one attached hydrogen (secondary N) is 1. The van der Waals surface area contributed by atoms with Gasteiger partial charge in [-0.15, -0.1) is 0 Å². The number of aliphatic hydroxyl groups excluding tert-OH is 1. The smallest absolute Gasteiger partial charge is 0.273 e. The van der Waals surface area contributed by atoms with Gasteiger partial charge in [-0.05, 0) is 30.5 Å². The van der Waals surface area contributed by atoms with Crippen LogP contribution in [0.3, 0.4) is 0 Å². The molecule has 6 nitrogen and oxygen atoms in total. The number of nitrogens with zero attached hydrogens (tertiary/aromatic N) is 1. The first-order chi connectivity index (χ1) is 9.60. The molecule has 0 radical (unpaired) electrons. The fraction of sp³-hybridized carbons (Fsp3) is 0.571. The highest BCUT2D eigenvalue weighted by atomic mass is 16.6. The van der Waals surface area contributed by atoms with E-state index < -0.39 is 4.92 Å². The van der Waals surface area contributed by atoms with Crippen LogP contribution in [0, 0.1) is 16.0 Å². The predicted octanol–water partition coefficient (Wildman–Crippen LogP) is 2.10. The van der Waals surface area contributed by atoms with Crippen LogP contribution in [0.4, 0.5) is 5.69 Å². The number of benzene rings is 1. The highest BCUT2D eigenvalue weighted by Crippen LogP contribution is 2.22. The first kappa shape index (κ1) is 16.4. The molecule has 0 aliphatic carbocycles. The van der Waals surface area contributed by atoms with Crippen LogP contribution in [0.15, 0.2) is 18.2 Å². The van der Waals surface area contributed by atoms with Crippen LogP contribution in [0.1, 0.15) is 25.3 Å². The first-order valence-corrected chi connectivity index (χ1v) is 6.74. The molecule has 1 atom stereocenters. The summed E-state index contributed by atoms with van der Waals surface area (Å²) in [6.07, 6.45) is 1.76. The molecule has 2 N–H and O–H groups in total. The molecule has 0 saturated carbocycles. The van der Waals surface area contributed by atoms with Crippen LogP contribution >= 0.6 is 0 Å². The predicted molar refractivity (Wildman–Crippen MR) is 76.8 cm³/mol. The van der Waals surface area contributed by atoms with E-state index >= 15 is 0 Å². The van der Waals surface area contributed by atoms with Crippen LogP contribution in [0.25, 0.3) is 0 Å². The fourth-order valence-corrected chi connectivity index (χ4v) is 2.02. The lowest BCUT2D eigenvalue weighted by atomic mass is 10.0. The fourth-order valence-electron chi connectivity index (χ4n) is 2.02. The molecule has 0 heterocycles. The lowest BCUT2D eigenvalue weighted by Gasteiger charge is -2.14. The Kier molecular flexibility index (Phi) is 6.97. The number of ether oxygens (including phenoxy) is 1. The monoisotopic (exact) mass is 282 g/mol. The molecule has 1 rings (SSSR count). The molecule has 0 aliphatic heterocycles. The van der Waals surface area contributed by atoms with Gasteiger partial charge in [0.05, 0.1) is 18.1 Å². The van der Waals surface area contributed by atoms with E-state index in [1.165, 1.54) is 13.2 Å². The summed E-state index contributed by atoms with van der Waals surface area (Å²) in [5.74, 6) is 0.902. The molecule has 20 heavy (non-hydrogen) atoms. The van der Waals surface area contributed by atoms with E-state index in [4.69, 9.17) is 9.84 Å². The minimum absolute atomic E-state index is 0.0311. The third-order valence-electron chi connectivity index (χ3n) is 3.27. The standard InChI is InChI=1S/C14H22N2O4/c1-3-11(4-5-17)9-15-10-12-6-13(16(18)19)8-14(7-12)20-2/h6-8,11,15,17H,3-5,9-10H2,1-2H3. The average Bonchev–Trinajstić information content (AvgIpc) is 2.45. The van der Waals surface area contributed by atoms with Gasteiger partial charge < -0.3 is 15.2 Å². The Morgan fingerprint density at radius 3 is 2.75 bits per heavy atom. The van der Waals surface area contributed by atoms with Crippen LogP contribution < -0.4 is 10.1 Å². The number of methoxy groups -OCH3 is 1. The molecule has 0 aliphatic rings. The number of nitro groups is 1. The number of rotatable bonds is 9. The molecule has 0 spiro atoms. The normalized spacial score (nSPS) is 12.2. The van der Waals surface area contributed by atoms with E-state index in [-0.39, 0.29) is 12.3 Å². The summed E-state index contributed by atoms with van der Waals surface area (Å²) in [5.41, 5.74) is 0.846. The van der Waals surface area contributed by atoms with E-state index in [0.29, 0.717) is 18.2 Å². The number of nitro benzene ring substituents is 1. The largest absolute Gasteiger partial charge is 0.496 e. The topological polar surface area (TPSA) is 84.6 Å². The van der Waals surface area contributed by atoms with E-state index in [2.05, 4.69) is 12.2 Å². The summed E-state index contributed by atoms with van der Waals surface area (Å²) >= 11 is 0. The van der Waals surface area contributed by atoms with E-state index in [1.807, 2.05) is 0 Å². The molecule has 1 aromatic carbocycles. The Hall–Kier alpha value is -1.66. The van der Waals surface area contributed by atoms with Gasteiger partial charge in [0.25, 0.3) is 5.69 Å². The van der Waals surface area contributed by atoms with E-state index in [9.17, 15) is 10.1 Å². The molecule has 1 aromatic rings. The third kappa shape index (κ3) is 5.14. The van der Waals surface area contributed by atoms with Gasteiger partial charge >= 0.3 is 0 Å². The number of non-ortho nitro benzene ring substituents is 1. The van der Waals surface area contributed by atoms with Crippen molar-refractivity contribution in [2.24, 2.45) is 5.92 Å². The van der Waals surface area contributed by atoms with E-state index in [0.717, 1.165) is 24.9 Å². The summed E-state index contributed by atoms with van der Waals surface area (Å²) in [7, 11) is 1.49. The molecule has 0 saturated heterocycles. The van der Waals surface area contributed by atoms with Gasteiger partial charge in [0.1, 0.15) is 5.75 Å². The molecular weight excluding hydrogens is 260 g/mol. The van der Waals surface area contributed by atoms with Crippen molar-refractivity contribution < 1.29 is 14.8 Å². The maximum atomic E-state index is 10.8. The molecule has 6 heteroatoms. The molecule has 0 fully saturated rings. The Balaban J connectivity index is 2.62. The number of hydrogen-bond acceptors (Lipinski definition) is 5. The van der Waals surface area contributed by atoms with Gasteiger partial charge in [0.2, 0.25) is 0 Å². The molecule has 0 amide bonds. The second-order valence-corrected chi connectivity index (χ2v) is 4.71. The first-order valence-electron chi connectivity index (χ1n) is 6.74. The summed E-state index contributed by atoms with van der Waals surface area (Å²) in [6, 6.07) is 4.74. The second-order valence-electron chi connectivity index (χ2n) is 4.71. The second kappa shape index (κ2) is 8.50. The minimum atomic E-state index is -0.424. The quantitative estimate of drug-likeness (QED) is 0.535. The number of aliphatic hydroxyl groups is 1. The van der Waals surface area contributed by atoms with Crippen molar-refractivity contribution in [2.75, 3.05) is 20.3 Å². The number of hydrogen-bond donors (Lipinski definition) is 2. The van der Waals surface area contributed by atoms with Gasteiger partial charge in [0.15, 0.2) is 0 Å². The Morgan fingerprint density at radius 2 is 2.20 bits per heavy atom. The molecule has 0 bridgehead atoms. The van der Waals surface area contributed by atoms with Crippen molar-refractivity contribution >= 4 is 5.69 Å². The van der Waals surface area contributed by atoms with Crippen molar-refractivity contribution in [1.29, 1.82) is 0 Å². The zero-order valence-corrected chi connectivity index (χ0v) is 12.0. The summed E-state index contributed by atoms with van der Waals surface area (Å²) in [4.78, 5) is 10.4. The van der Waals surface area contributed by atoms with Crippen molar-refractivity contribution in [3.8, 4) is 5.75 Å². The van der Waals surface area contributed by atoms with Crippen LogP contribution in [0.5, 0.6) is 5.75 Å². The Morgan fingerprint density at radius 1 is 1.45 bits per heavy atom.